The third-order valence-corrected chi connectivity index (χ3v) is 2.44. The normalized spacial score (nSPS) is 11.4. The molecule has 0 rings (SSSR count). The van der Waals surface area contributed by atoms with E-state index in [9.17, 15) is 4.79 Å². The fourth-order valence-corrected chi connectivity index (χ4v) is 1.13. The van der Waals surface area contributed by atoms with E-state index in [0.717, 1.165) is 0 Å². The van der Waals surface area contributed by atoms with Crippen LogP contribution in [0.4, 0.5) is 0 Å². The van der Waals surface area contributed by atoms with Gasteiger partial charge >= 0.3 is 0 Å². The Morgan fingerprint density at radius 2 is 1.52 bits per heavy atom. The van der Waals surface area contributed by atoms with E-state index in [1.807, 2.05) is 62.3 Å². The zero-order valence-electron chi connectivity index (χ0n) is 17.6. The average Bonchev–Trinajstić information content (AvgIpc) is 2.56. The van der Waals surface area contributed by atoms with Crippen molar-refractivity contribution in [2.24, 2.45) is 11.1 Å². The van der Waals surface area contributed by atoms with Crippen LogP contribution in [-0.2, 0) is 14.6 Å². The van der Waals surface area contributed by atoms with E-state index in [4.69, 9.17) is 10.6 Å². The standard InChI is InChI=1S/C12H24N2O3.3C2H6/c1-9(17-16-6)7-8-14(5)11(15)10(13)12(2,3)4;3*1-2/h7,10H,8,13H2,1-6H3;3*1-2H3/b9-7+;;;. The third-order valence-electron chi connectivity index (χ3n) is 2.44. The van der Waals surface area contributed by atoms with E-state index < -0.39 is 6.04 Å². The van der Waals surface area contributed by atoms with Crippen molar-refractivity contribution < 1.29 is 14.6 Å². The van der Waals surface area contributed by atoms with Crippen LogP contribution in [0, 0.1) is 5.41 Å². The van der Waals surface area contributed by atoms with E-state index in [2.05, 4.69) is 4.89 Å². The second-order valence-electron chi connectivity index (χ2n) is 5.13. The number of hydrogen-bond acceptors (Lipinski definition) is 4. The number of carbonyl (C=O) groups excluding carboxylic acids is 1. The molecule has 0 aliphatic carbocycles. The van der Waals surface area contributed by atoms with Crippen LogP contribution in [-0.4, -0.2) is 37.6 Å². The van der Waals surface area contributed by atoms with Crippen molar-refractivity contribution in [3.63, 3.8) is 0 Å². The molecule has 5 nitrogen and oxygen atoms in total. The Morgan fingerprint density at radius 1 is 1.13 bits per heavy atom. The molecule has 1 amide bonds. The summed E-state index contributed by atoms with van der Waals surface area (Å²) in [6.45, 7) is 20.0. The van der Waals surface area contributed by atoms with E-state index >= 15 is 0 Å². The van der Waals surface area contributed by atoms with Crippen molar-refractivity contribution in [2.45, 2.75) is 75.3 Å². The van der Waals surface area contributed by atoms with Gasteiger partial charge in [0.2, 0.25) is 5.91 Å². The monoisotopic (exact) mass is 334 g/mol. The number of amides is 1. The minimum absolute atomic E-state index is 0.0843. The molecule has 2 N–H and O–H groups in total. The van der Waals surface area contributed by atoms with Gasteiger partial charge < -0.3 is 15.5 Å². The van der Waals surface area contributed by atoms with Gasteiger partial charge in [-0.25, -0.2) is 0 Å². The molecule has 0 fully saturated rings. The fourth-order valence-electron chi connectivity index (χ4n) is 1.13. The minimum atomic E-state index is -0.510. The van der Waals surface area contributed by atoms with Crippen LogP contribution < -0.4 is 5.73 Å². The maximum atomic E-state index is 12.0. The molecule has 0 aliphatic rings. The van der Waals surface area contributed by atoms with Gasteiger partial charge in [0, 0.05) is 13.6 Å². The van der Waals surface area contributed by atoms with Crippen LogP contribution in [0.5, 0.6) is 0 Å². The lowest BCUT2D eigenvalue weighted by Gasteiger charge is -2.29. The Bertz CT molecular complexity index is 284. The van der Waals surface area contributed by atoms with E-state index in [-0.39, 0.29) is 11.3 Å². The lowest BCUT2D eigenvalue weighted by Crippen LogP contribution is -2.49. The molecule has 0 radical (unpaired) electrons. The molecule has 0 spiro atoms. The maximum absolute atomic E-state index is 12.0. The molecule has 0 aromatic carbocycles. The summed E-state index contributed by atoms with van der Waals surface area (Å²) in [7, 11) is 3.15. The van der Waals surface area contributed by atoms with Crippen LogP contribution >= 0.6 is 0 Å². The molecule has 1 unspecified atom stereocenters. The zero-order valence-corrected chi connectivity index (χ0v) is 17.6. The molecule has 0 heterocycles. The first-order chi connectivity index (χ1) is 10.7. The zero-order chi connectivity index (χ0) is 19.6. The predicted molar refractivity (Wildman–Crippen MR) is 101 cm³/mol. The van der Waals surface area contributed by atoms with Crippen LogP contribution in [0.3, 0.4) is 0 Å². The highest BCUT2D eigenvalue weighted by Gasteiger charge is 2.29. The van der Waals surface area contributed by atoms with E-state index in [1.165, 1.54) is 7.11 Å². The highest BCUT2D eigenvalue weighted by Crippen LogP contribution is 2.18. The summed E-state index contributed by atoms with van der Waals surface area (Å²) in [4.78, 5) is 22.8. The number of hydrogen-bond donors (Lipinski definition) is 1. The van der Waals surface area contributed by atoms with Gasteiger partial charge in [0.05, 0.1) is 13.2 Å². The maximum Gasteiger partial charge on any atom is 0.240 e. The SMILES string of the molecule is CC.CC.CC.COO/C(C)=C/CN(C)C(=O)C(N)C(C)(C)C. The molecule has 0 aromatic rings. The number of nitrogens with zero attached hydrogens (tertiary/aromatic N) is 1. The van der Waals surface area contributed by atoms with Crippen molar-refractivity contribution in [3.8, 4) is 0 Å². The van der Waals surface area contributed by atoms with Gasteiger partial charge in [-0.05, 0) is 18.4 Å². The first-order valence-electron chi connectivity index (χ1n) is 8.58. The van der Waals surface area contributed by atoms with Gasteiger partial charge in [0.25, 0.3) is 0 Å². The van der Waals surface area contributed by atoms with Gasteiger partial charge in [-0.15, -0.1) is 0 Å². The molecular weight excluding hydrogens is 292 g/mol. The average molecular weight is 335 g/mol. The van der Waals surface area contributed by atoms with E-state index in [0.29, 0.717) is 12.3 Å². The predicted octanol–water partition coefficient (Wildman–Crippen LogP) is 4.38. The highest BCUT2D eigenvalue weighted by molar-refractivity contribution is 5.82. The molecule has 1 atom stereocenters. The van der Waals surface area contributed by atoms with Crippen molar-refractivity contribution in [1.29, 1.82) is 0 Å². The molecule has 0 aromatic heterocycles. The number of likely N-dealkylation sites (N-methyl/N-ethyl adjacent to an activating group) is 1. The van der Waals surface area contributed by atoms with Crippen molar-refractivity contribution in [2.75, 3.05) is 20.7 Å². The topological polar surface area (TPSA) is 64.8 Å². The Morgan fingerprint density at radius 3 is 1.83 bits per heavy atom. The first kappa shape index (κ1) is 29.9. The second-order valence-corrected chi connectivity index (χ2v) is 5.13. The molecule has 0 aliphatic heterocycles. The van der Waals surface area contributed by atoms with Gasteiger partial charge in [0.15, 0.2) is 0 Å². The lowest BCUT2D eigenvalue weighted by molar-refractivity contribution is -0.236. The number of nitrogens with two attached hydrogens (primary N) is 1. The van der Waals surface area contributed by atoms with Crippen LogP contribution in [0.15, 0.2) is 11.8 Å². The van der Waals surface area contributed by atoms with Crippen molar-refractivity contribution >= 4 is 5.91 Å². The second kappa shape index (κ2) is 19.0. The van der Waals surface area contributed by atoms with Crippen LogP contribution in [0.1, 0.15) is 69.2 Å². The summed E-state index contributed by atoms with van der Waals surface area (Å²) in [6.07, 6.45) is 1.76. The van der Waals surface area contributed by atoms with Crippen molar-refractivity contribution in [3.05, 3.63) is 11.8 Å². The smallest absolute Gasteiger partial charge is 0.240 e. The fraction of sp³-hybridized carbons (Fsp3) is 0.833. The Labute approximate surface area is 145 Å². The molecule has 0 saturated heterocycles. The van der Waals surface area contributed by atoms with Gasteiger partial charge in [0.1, 0.15) is 5.76 Å². The quantitative estimate of drug-likeness (QED) is 0.460. The summed E-state index contributed by atoms with van der Waals surface area (Å²) in [5.74, 6) is 0.524. The Hall–Kier alpha value is -1.07. The van der Waals surface area contributed by atoms with Gasteiger partial charge in [-0.2, -0.15) is 4.89 Å². The van der Waals surface area contributed by atoms with Gasteiger partial charge in [-0.3, -0.25) is 4.79 Å². The summed E-state index contributed by atoms with van der Waals surface area (Å²) < 4.78 is 0. The molecule has 0 saturated carbocycles. The number of allylic oxidation sites excluding steroid dienone is 1. The third kappa shape index (κ3) is 17.1. The summed E-state index contributed by atoms with van der Waals surface area (Å²) >= 11 is 0. The first-order valence-corrected chi connectivity index (χ1v) is 8.58. The minimum Gasteiger partial charge on any atom is -0.343 e. The molecule has 0 bridgehead atoms. The summed E-state index contributed by atoms with van der Waals surface area (Å²) in [6, 6.07) is -0.510. The number of rotatable bonds is 5. The Kier molecular flexibility index (Phi) is 24.7. The molecular formula is C18H42N2O3. The van der Waals surface area contributed by atoms with Crippen LogP contribution in [0.2, 0.25) is 0 Å². The largest absolute Gasteiger partial charge is 0.343 e. The highest BCUT2D eigenvalue weighted by atomic mass is 17.2. The van der Waals surface area contributed by atoms with Gasteiger partial charge in [-0.1, -0.05) is 62.3 Å². The van der Waals surface area contributed by atoms with Crippen molar-refractivity contribution in [1.82, 2.24) is 4.90 Å². The molecule has 5 heteroatoms. The Balaban J connectivity index is -0.000000267. The number of carbonyl (C=O) groups is 1. The summed E-state index contributed by atoms with van der Waals surface area (Å²) in [5.41, 5.74) is 5.65. The molecule has 142 valence electrons. The lowest BCUT2D eigenvalue weighted by atomic mass is 9.86. The van der Waals surface area contributed by atoms with Crippen LogP contribution in [0.25, 0.3) is 0 Å². The van der Waals surface area contributed by atoms with E-state index in [1.54, 1.807) is 24.9 Å². The summed E-state index contributed by atoms with van der Waals surface area (Å²) in [5, 5.41) is 0. The molecule has 23 heavy (non-hydrogen) atoms.